The maximum atomic E-state index is 13.2. The van der Waals surface area contributed by atoms with Gasteiger partial charge in [-0.15, -0.1) is 0 Å². The monoisotopic (exact) mass is 415 g/mol. The first-order chi connectivity index (χ1) is 14.4. The van der Waals surface area contributed by atoms with Gasteiger partial charge in [-0.1, -0.05) is 17.7 Å². The Balaban J connectivity index is 1.42. The zero-order chi connectivity index (χ0) is 21.5. The Morgan fingerprint density at radius 2 is 1.80 bits per heavy atom. The molecule has 7 heteroatoms. The molecule has 3 rings (SSSR count). The van der Waals surface area contributed by atoms with E-state index in [1.807, 2.05) is 31.2 Å². The molecule has 160 valence electrons. The minimum Gasteiger partial charge on any atom is -0.352 e. The number of urea groups is 1. The van der Waals surface area contributed by atoms with Crippen LogP contribution in [0.4, 0.5) is 19.3 Å². The minimum atomic E-state index is -0.662. The van der Waals surface area contributed by atoms with Crippen molar-refractivity contribution in [1.29, 1.82) is 0 Å². The molecule has 0 aliphatic carbocycles. The molecule has 0 bridgehead atoms. The van der Waals surface area contributed by atoms with Gasteiger partial charge in [0.2, 0.25) is 5.91 Å². The van der Waals surface area contributed by atoms with Crippen molar-refractivity contribution in [2.75, 3.05) is 18.4 Å². The number of anilines is 1. The number of hydrogen-bond donors (Lipinski definition) is 2. The van der Waals surface area contributed by atoms with Crippen molar-refractivity contribution >= 4 is 17.6 Å². The van der Waals surface area contributed by atoms with Gasteiger partial charge in [-0.2, -0.15) is 0 Å². The summed E-state index contributed by atoms with van der Waals surface area (Å²) in [7, 11) is 0. The Labute approximate surface area is 175 Å². The predicted octanol–water partition coefficient (Wildman–Crippen LogP) is 4.61. The van der Waals surface area contributed by atoms with E-state index in [0.29, 0.717) is 31.5 Å². The van der Waals surface area contributed by atoms with E-state index in [1.54, 1.807) is 4.90 Å². The number of halogens is 2. The lowest BCUT2D eigenvalue weighted by molar-refractivity contribution is -0.121. The molecule has 1 atom stereocenters. The van der Waals surface area contributed by atoms with Crippen LogP contribution in [0.25, 0.3) is 0 Å². The molecule has 0 saturated carbocycles. The number of nitrogens with zero attached hydrogens (tertiary/aromatic N) is 1. The summed E-state index contributed by atoms with van der Waals surface area (Å²) in [6.07, 6.45) is 2.85. The Morgan fingerprint density at radius 1 is 1.10 bits per heavy atom. The first-order valence-electron chi connectivity index (χ1n) is 10.2. The standard InChI is InChI=1S/C23H27F2N3O2/c1-16-4-7-21(8-5-16)27-23(30)28-10-2-3-17(15-28)6-9-22(29)26-14-18-11-19(24)13-20(25)12-18/h4-5,7-8,11-13,17H,2-3,6,9-10,14-15H2,1H3,(H,26,29)(H,27,30)/t17-/m0/s1. The van der Waals surface area contributed by atoms with Gasteiger partial charge in [0.1, 0.15) is 11.6 Å². The highest BCUT2D eigenvalue weighted by molar-refractivity contribution is 5.89. The normalized spacial score (nSPS) is 16.2. The van der Waals surface area contributed by atoms with Crippen molar-refractivity contribution in [3.63, 3.8) is 0 Å². The molecule has 0 aromatic heterocycles. The molecule has 1 heterocycles. The number of nitrogens with one attached hydrogen (secondary N) is 2. The molecule has 5 nitrogen and oxygen atoms in total. The Bertz CT molecular complexity index is 866. The second kappa shape index (κ2) is 10.2. The van der Waals surface area contributed by atoms with Crippen molar-refractivity contribution in [2.24, 2.45) is 5.92 Å². The van der Waals surface area contributed by atoms with Crippen molar-refractivity contribution < 1.29 is 18.4 Å². The molecule has 2 aromatic carbocycles. The van der Waals surface area contributed by atoms with E-state index in [9.17, 15) is 18.4 Å². The first-order valence-corrected chi connectivity index (χ1v) is 10.2. The summed E-state index contributed by atoms with van der Waals surface area (Å²) in [6.45, 7) is 3.39. The van der Waals surface area contributed by atoms with E-state index in [-0.39, 0.29) is 24.4 Å². The largest absolute Gasteiger partial charge is 0.352 e. The second-order valence-electron chi connectivity index (χ2n) is 7.84. The van der Waals surface area contributed by atoms with Gasteiger partial charge < -0.3 is 15.5 Å². The second-order valence-corrected chi connectivity index (χ2v) is 7.84. The fraction of sp³-hybridized carbons (Fsp3) is 0.391. The maximum Gasteiger partial charge on any atom is 0.321 e. The molecule has 0 spiro atoms. The highest BCUT2D eigenvalue weighted by atomic mass is 19.1. The van der Waals surface area contributed by atoms with Crippen LogP contribution in [0.15, 0.2) is 42.5 Å². The number of amides is 3. The molecule has 1 aliphatic heterocycles. The van der Waals surface area contributed by atoms with E-state index >= 15 is 0 Å². The van der Waals surface area contributed by atoms with Crippen LogP contribution < -0.4 is 10.6 Å². The highest BCUT2D eigenvalue weighted by Crippen LogP contribution is 2.22. The van der Waals surface area contributed by atoms with Crippen molar-refractivity contribution in [3.8, 4) is 0 Å². The third kappa shape index (κ3) is 6.54. The number of carbonyl (C=O) groups excluding carboxylic acids is 2. The van der Waals surface area contributed by atoms with Gasteiger partial charge in [0.25, 0.3) is 0 Å². The topological polar surface area (TPSA) is 61.4 Å². The molecular formula is C23H27F2N3O2. The molecular weight excluding hydrogens is 388 g/mol. The number of likely N-dealkylation sites (tertiary alicyclic amines) is 1. The van der Waals surface area contributed by atoms with E-state index < -0.39 is 11.6 Å². The summed E-state index contributed by atoms with van der Waals surface area (Å²) in [4.78, 5) is 26.4. The number of hydrogen-bond acceptors (Lipinski definition) is 2. The lowest BCUT2D eigenvalue weighted by atomic mass is 9.93. The molecule has 1 aliphatic rings. The average Bonchev–Trinajstić information content (AvgIpc) is 2.72. The zero-order valence-electron chi connectivity index (χ0n) is 17.1. The van der Waals surface area contributed by atoms with E-state index in [0.717, 1.165) is 30.2 Å². The number of carbonyl (C=O) groups is 2. The molecule has 0 unspecified atom stereocenters. The minimum absolute atomic E-state index is 0.0866. The molecule has 2 aromatic rings. The number of piperidine rings is 1. The molecule has 30 heavy (non-hydrogen) atoms. The van der Waals surface area contributed by atoms with Crippen LogP contribution in [0, 0.1) is 24.5 Å². The third-order valence-electron chi connectivity index (χ3n) is 5.30. The zero-order valence-corrected chi connectivity index (χ0v) is 17.1. The fourth-order valence-corrected chi connectivity index (χ4v) is 3.66. The number of benzene rings is 2. The van der Waals surface area contributed by atoms with Gasteiger partial charge in [0.05, 0.1) is 0 Å². The summed E-state index contributed by atoms with van der Waals surface area (Å²) in [6, 6.07) is 10.7. The maximum absolute atomic E-state index is 13.2. The molecule has 1 fully saturated rings. The van der Waals surface area contributed by atoms with Gasteiger partial charge in [-0.05, 0) is 61.9 Å². The van der Waals surface area contributed by atoms with Crippen LogP contribution in [0.3, 0.4) is 0 Å². The van der Waals surface area contributed by atoms with Crippen LogP contribution in [-0.4, -0.2) is 29.9 Å². The SMILES string of the molecule is Cc1ccc(NC(=O)N2CCC[C@@H](CCC(=O)NCc3cc(F)cc(F)c3)C2)cc1. The van der Waals surface area contributed by atoms with E-state index in [2.05, 4.69) is 10.6 Å². The lowest BCUT2D eigenvalue weighted by Gasteiger charge is -2.32. The summed E-state index contributed by atoms with van der Waals surface area (Å²) in [5.41, 5.74) is 2.28. The highest BCUT2D eigenvalue weighted by Gasteiger charge is 2.24. The first kappa shape index (κ1) is 21.7. The van der Waals surface area contributed by atoms with Crippen molar-refractivity contribution in [1.82, 2.24) is 10.2 Å². The van der Waals surface area contributed by atoms with Crippen LogP contribution in [-0.2, 0) is 11.3 Å². The summed E-state index contributed by atoms with van der Waals surface area (Å²) in [5, 5.41) is 5.62. The van der Waals surface area contributed by atoms with Crippen LogP contribution in [0.2, 0.25) is 0 Å². The average molecular weight is 415 g/mol. The van der Waals surface area contributed by atoms with Gasteiger partial charge in [0.15, 0.2) is 0 Å². The molecule has 1 saturated heterocycles. The predicted molar refractivity (Wildman–Crippen MR) is 112 cm³/mol. The number of aryl methyl sites for hydroxylation is 1. The van der Waals surface area contributed by atoms with E-state index in [1.165, 1.54) is 12.1 Å². The van der Waals surface area contributed by atoms with Gasteiger partial charge in [-0.25, -0.2) is 13.6 Å². The Hall–Kier alpha value is -2.96. The summed E-state index contributed by atoms with van der Waals surface area (Å²) in [5.74, 6) is -1.24. The van der Waals surface area contributed by atoms with Gasteiger partial charge in [0, 0.05) is 37.8 Å². The Morgan fingerprint density at radius 3 is 2.50 bits per heavy atom. The van der Waals surface area contributed by atoms with Crippen molar-refractivity contribution in [2.45, 2.75) is 39.2 Å². The van der Waals surface area contributed by atoms with E-state index in [4.69, 9.17) is 0 Å². The third-order valence-corrected chi connectivity index (χ3v) is 5.30. The summed E-state index contributed by atoms with van der Waals surface area (Å²) >= 11 is 0. The van der Waals surface area contributed by atoms with Crippen molar-refractivity contribution in [3.05, 3.63) is 65.2 Å². The fourth-order valence-electron chi connectivity index (χ4n) is 3.66. The summed E-state index contributed by atoms with van der Waals surface area (Å²) < 4.78 is 26.4. The molecule has 0 radical (unpaired) electrons. The molecule has 3 amide bonds. The van der Waals surface area contributed by atoms with Gasteiger partial charge in [-0.3, -0.25) is 4.79 Å². The quantitative estimate of drug-likeness (QED) is 0.724. The van der Waals surface area contributed by atoms with Crippen LogP contribution in [0.1, 0.15) is 36.8 Å². The lowest BCUT2D eigenvalue weighted by Crippen LogP contribution is -2.42. The van der Waals surface area contributed by atoms with Crippen LogP contribution in [0.5, 0.6) is 0 Å². The molecule has 2 N–H and O–H groups in total. The smallest absolute Gasteiger partial charge is 0.321 e. The Kier molecular flexibility index (Phi) is 7.38. The number of rotatable bonds is 6. The van der Waals surface area contributed by atoms with Gasteiger partial charge >= 0.3 is 6.03 Å². The van der Waals surface area contributed by atoms with Crippen LogP contribution >= 0.6 is 0 Å².